The summed E-state index contributed by atoms with van der Waals surface area (Å²) >= 11 is 6.05. The molecule has 1 atom stereocenters. The third-order valence-electron chi connectivity index (χ3n) is 3.60. The Morgan fingerprint density at radius 3 is 2.89 bits per heavy atom. The molecule has 0 spiro atoms. The Labute approximate surface area is 112 Å². The maximum Gasteiger partial charge on any atom is 0.124 e. The Kier molecular flexibility index (Phi) is 4.98. The summed E-state index contributed by atoms with van der Waals surface area (Å²) in [4.78, 5) is 2.26. The highest BCUT2D eigenvalue weighted by molar-refractivity contribution is 6.31. The number of hydrogen-bond acceptors (Lipinski definition) is 2. The van der Waals surface area contributed by atoms with Gasteiger partial charge in [0, 0.05) is 17.6 Å². The van der Waals surface area contributed by atoms with E-state index < -0.39 is 0 Å². The number of hydrogen-bond donors (Lipinski definition) is 1. The summed E-state index contributed by atoms with van der Waals surface area (Å²) in [6, 6.07) is 4.72. The minimum absolute atomic E-state index is 0.179. The Bertz CT molecular complexity index is 399. The lowest BCUT2D eigenvalue weighted by atomic mass is 10.1. The Morgan fingerprint density at radius 1 is 1.33 bits per heavy atom. The third kappa shape index (κ3) is 3.44. The van der Waals surface area contributed by atoms with Crippen LogP contribution in [0.15, 0.2) is 18.2 Å². The molecule has 0 radical (unpaired) electrons. The highest BCUT2D eigenvalue weighted by atomic mass is 35.5. The average Bonchev–Trinajstić information content (AvgIpc) is 2.57. The molecule has 18 heavy (non-hydrogen) atoms. The van der Waals surface area contributed by atoms with Crippen molar-refractivity contribution in [3.05, 3.63) is 34.6 Å². The molecule has 1 unspecified atom stereocenters. The van der Waals surface area contributed by atoms with Crippen LogP contribution in [-0.4, -0.2) is 29.2 Å². The topological polar surface area (TPSA) is 23.5 Å². The van der Waals surface area contributed by atoms with Crippen LogP contribution in [0.25, 0.3) is 0 Å². The summed E-state index contributed by atoms with van der Waals surface area (Å²) in [5.74, 6) is -0.307. The normalized spacial score (nSPS) is 21.8. The number of halogens is 2. The van der Waals surface area contributed by atoms with Crippen LogP contribution in [0.5, 0.6) is 0 Å². The first-order chi connectivity index (χ1) is 8.70. The molecule has 1 saturated heterocycles. The van der Waals surface area contributed by atoms with Crippen LogP contribution in [0, 0.1) is 5.82 Å². The van der Waals surface area contributed by atoms with Crippen molar-refractivity contribution in [2.45, 2.75) is 38.3 Å². The first-order valence-corrected chi connectivity index (χ1v) is 6.87. The quantitative estimate of drug-likeness (QED) is 0.912. The largest absolute Gasteiger partial charge is 0.395 e. The van der Waals surface area contributed by atoms with E-state index in [1.165, 1.54) is 25.0 Å². The minimum Gasteiger partial charge on any atom is -0.395 e. The first kappa shape index (κ1) is 13.8. The summed E-state index contributed by atoms with van der Waals surface area (Å²) in [5.41, 5.74) is 0.929. The zero-order valence-electron chi connectivity index (χ0n) is 10.4. The number of aliphatic hydroxyl groups is 1. The van der Waals surface area contributed by atoms with Crippen molar-refractivity contribution in [1.29, 1.82) is 0 Å². The van der Waals surface area contributed by atoms with E-state index in [9.17, 15) is 9.50 Å². The molecule has 1 heterocycles. The number of likely N-dealkylation sites (tertiary alicyclic amines) is 1. The second-order valence-corrected chi connectivity index (χ2v) is 5.30. The molecule has 0 bridgehead atoms. The van der Waals surface area contributed by atoms with E-state index in [-0.39, 0.29) is 18.5 Å². The zero-order valence-corrected chi connectivity index (χ0v) is 11.2. The molecule has 1 fully saturated rings. The van der Waals surface area contributed by atoms with E-state index in [0.29, 0.717) is 11.6 Å². The van der Waals surface area contributed by atoms with Gasteiger partial charge in [0.1, 0.15) is 5.82 Å². The van der Waals surface area contributed by atoms with Crippen molar-refractivity contribution in [1.82, 2.24) is 4.90 Å². The summed E-state index contributed by atoms with van der Waals surface area (Å²) in [6.07, 6.45) is 4.55. The summed E-state index contributed by atoms with van der Waals surface area (Å²) in [7, 11) is 0. The minimum atomic E-state index is -0.307. The van der Waals surface area contributed by atoms with Gasteiger partial charge in [0.2, 0.25) is 0 Å². The molecule has 1 aliphatic heterocycles. The molecule has 0 saturated carbocycles. The second-order valence-electron chi connectivity index (χ2n) is 4.89. The van der Waals surface area contributed by atoms with Gasteiger partial charge in [-0.2, -0.15) is 0 Å². The average molecular weight is 272 g/mol. The SMILES string of the molecule is OCC1CCCCCN1Cc1ccc(F)cc1Cl. The van der Waals surface area contributed by atoms with Crippen molar-refractivity contribution in [2.24, 2.45) is 0 Å². The molecule has 4 heteroatoms. The summed E-state index contributed by atoms with van der Waals surface area (Å²) in [6.45, 7) is 1.84. The van der Waals surface area contributed by atoms with Gasteiger partial charge in [0.25, 0.3) is 0 Å². The molecule has 1 aromatic rings. The second kappa shape index (κ2) is 6.50. The van der Waals surface area contributed by atoms with E-state index in [2.05, 4.69) is 4.90 Å². The molecule has 1 aliphatic rings. The van der Waals surface area contributed by atoms with Crippen LogP contribution in [0.3, 0.4) is 0 Å². The monoisotopic (exact) mass is 271 g/mol. The van der Waals surface area contributed by atoms with Crippen molar-refractivity contribution >= 4 is 11.6 Å². The van der Waals surface area contributed by atoms with E-state index >= 15 is 0 Å². The van der Waals surface area contributed by atoms with Crippen LogP contribution in [0.2, 0.25) is 5.02 Å². The van der Waals surface area contributed by atoms with Crippen LogP contribution < -0.4 is 0 Å². The highest BCUT2D eigenvalue weighted by Crippen LogP contribution is 2.23. The summed E-state index contributed by atoms with van der Waals surface area (Å²) in [5, 5.41) is 9.91. The fourth-order valence-electron chi connectivity index (χ4n) is 2.52. The van der Waals surface area contributed by atoms with Crippen molar-refractivity contribution in [3.8, 4) is 0 Å². The maximum atomic E-state index is 13.0. The van der Waals surface area contributed by atoms with Crippen LogP contribution in [0.4, 0.5) is 4.39 Å². The first-order valence-electron chi connectivity index (χ1n) is 6.49. The van der Waals surface area contributed by atoms with Crippen molar-refractivity contribution in [2.75, 3.05) is 13.2 Å². The van der Waals surface area contributed by atoms with Gasteiger partial charge in [-0.1, -0.05) is 30.5 Å². The predicted octanol–water partition coefficient (Wildman–Crippen LogP) is 3.22. The van der Waals surface area contributed by atoms with Crippen LogP contribution in [-0.2, 0) is 6.54 Å². The lowest BCUT2D eigenvalue weighted by Gasteiger charge is -2.28. The molecular formula is C14H19ClFNO. The standard InChI is InChI=1S/C14H19ClFNO/c15-14-8-12(16)6-5-11(14)9-17-7-3-1-2-4-13(17)10-18/h5-6,8,13,18H,1-4,7,9-10H2. The summed E-state index contributed by atoms with van der Waals surface area (Å²) < 4.78 is 13.0. The van der Waals surface area contributed by atoms with Gasteiger partial charge < -0.3 is 5.11 Å². The fraction of sp³-hybridized carbons (Fsp3) is 0.571. The van der Waals surface area contributed by atoms with E-state index in [0.717, 1.165) is 24.9 Å². The van der Waals surface area contributed by atoms with Gasteiger partial charge in [0.05, 0.1) is 6.61 Å². The number of aliphatic hydroxyl groups excluding tert-OH is 1. The fourth-order valence-corrected chi connectivity index (χ4v) is 2.75. The molecule has 2 rings (SSSR count). The Morgan fingerprint density at radius 2 is 2.17 bits per heavy atom. The molecule has 2 nitrogen and oxygen atoms in total. The van der Waals surface area contributed by atoms with Gasteiger partial charge in [-0.15, -0.1) is 0 Å². The number of rotatable bonds is 3. The van der Waals surface area contributed by atoms with Gasteiger partial charge in [-0.25, -0.2) is 4.39 Å². The highest BCUT2D eigenvalue weighted by Gasteiger charge is 2.21. The maximum absolute atomic E-state index is 13.0. The molecule has 0 aliphatic carbocycles. The predicted molar refractivity (Wildman–Crippen MR) is 71.2 cm³/mol. The molecule has 1 aromatic carbocycles. The molecule has 100 valence electrons. The molecule has 1 N–H and O–H groups in total. The van der Waals surface area contributed by atoms with Crippen LogP contribution in [0.1, 0.15) is 31.2 Å². The van der Waals surface area contributed by atoms with Gasteiger partial charge in [-0.05, 0) is 37.1 Å². The number of nitrogens with zero attached hydrogens (tertiary/aromatic N) is 1. The van der Waals surface area contributed by atoms with Gasteiger partial charge >= 0.3 is 0 Å². The van der Waals surface area contributed by atoms with E-state index in [4.69, 9.17) is 11.6 Å². The molecule has 0 aromatic heterocycles. The lowest BCUT2D eigenvalue weighted by molar-refractivity contribution is 0.118. The van der Waals surface area contributed by atoms with Gasteiger partial charge in [-0.3, -0.25) is 4.90 Å². The van der Waals surface area contributed by atoms with E-state index in [1.54, 1.807) is 6.07 Å². The van der Waals surface area contributed by atoms with Gasteiger partial charge in [0.15, 0.2) is 0 Å². The molecule has 0 amide bonds. The van der Waals surface area contributed by atoms with Crippen LogP contribution >= 0.6 is 11.6 Å². The Balaban J connectivity index is 2.10. The lowest BCUT2D eigenvalue weighted by Crippen LogP contribution is -2.37. The zero-order chi connectivity index (χ0) is 13.0. The van der Waals surface area contributed by atoms with Crippen molar-refractivity contribution < 1.29 is 9.50 Å². The third-order valence-corrected chi connectivity index (χ3v) is 3.95. The number of benzene rings is 1. The molecular weight excluding hydrogens is 253 g/mol. The Hall–Kier alpha value is -0.640. The van der Waals surface area contributed by atoms with Crippen molar-refractivity contribution in [3.63, 3.8) is 0 Å². The smallest absolute Gasteiger partial charge is 0.124 e. The van der Waals surface area contributed by atoms with E-state index in [1.807, 2.05) is 0 Å².